The molecular weight excluding hydrogens is 388 g/mol. The Bertz CT molecular complexity index is 1100. The van der Waals surface area contributed by atoms with Crippen LogP contribution in [0, 0.1) is 0 Å². The van der Waals surface area contributed by atoms with Crippen LogP contribution in [0.2, 0.25) is 0 Å². The van der Waals surface area contributed by atoms with Crippen molar-refractivity contribution in [1.29, 1.82) is 0 Å². The molecule has 0 bridgehead atoms. The summed E-state index contributed by atoms with van der Waals surface area (Å²) in [6.07, 6.45) is 1.11. The molecule has 0 fully saturated rings. The largest absolute Gasteiger partial charge is 0.324 e. The number of nitrogens with zero attached hydrogens (tertiary/aromatic N) is 1. The number of nitrogens with one attached hydrogen (secondary N) is 1. The predicted molar refractivity (Wildman–Crippen MR) is 113 cm³/mol. The van der Waals surface area contributed by atoms with E-state index in [9.17, 15) is 18.0 Å². The highest BCUT2D eigenvalue weighted by molar-refractivity contribution is 7.90. The smallest absolute Gasteiger partial charge is 0.255 e. The predicted octanol–water partition coefficient (Wildman–Crippen LogP) is 3.12. The Morgan fingerprint density at radius 2 is 1.72 bits per heavy atom. The molecule has 0 aromatic heterocycles. The average molecular weight is 413 g/mol. The lowest BCUT2D eigenvalue weighted by molar-refractivity contribution is -0.137. The first-order valence-electron chi connectivity index (χ1n) is 9.20. The van der Waals surface area contributed by atoms with Gasteiger partial charge < -0.3 is 10.2 Å². The number of carbonyl (C=O) groups excluding carboxylic acids is 2. The van der Waals surface area contributed by atoms with E-state index in [1.807, 2.05) is 37.3 Å². The van der Waals surface area contributed by atoms with Crippen LogP contribution in [0.25, 0.3) is 5.57 Å². The summed E-state index contributed by atoms with van der Waals surface area (Å²) in [6.45, 7) is 5.61. The summed E-state index contributed by atoms with van der Waals surface area (Å²) in [7, 11) is -3.39. The van der Waals surface area contributed by atoms with E-state index in [0.29, 0.717) is 17.8 Å². The van der Waals surface area contributed by atoms with Crippen molar-refractivity contribution in [2.75, 3.05) is 18.1 Å². The molecule has 2 aromatic carbocycles. The van der Waals surface area contributed by atoms with Gasteiger partial charge in [0.05, 0.1) is 4.90 Å². The molecule has 1 aliphatic heterocycles. The van der Waals surface area contributed by atoms with Crippen molar-refractivity contribution in [3.63, 3.8) is 0 Å². The van der Waals surface area contributed by atoms with Crippen LogP contribution in [0.1, 0.15) is 26.3 Å². The standard InChI is InChI=1S/C22H24N2O4S/c1-15-14-24(20(25)19(15)16-9-6-5-7-10-16)22(2,3)21(26)23-17-11-8-12-18(13-17)29(4,27)28/h5-13H,14H2,1-4H3,(H,23,26). The molecule has 0 unspecified atom stereocenters. The fourth-order valence-corrected chi connectivity index (χ4v) is 4.01. The highest BCUT2D eigenvalue weighted by Crippen LogP contribution is 2.33. The molecule has 0 aliphatic carbocycles. The summed E-state index contributed by atoms with van der Waals surface area (Å²) in [5.41, 5.74) is 1.59. The van der Waals surface area contributed by atoms with Crippen LogP contribution in [0.3, 0.4) is 0 Å². The molecular formula is C22H24N2O4S. The van der Waals surface area contributed by atoms with Gasteiger partial charge in [0.1, 0.15) is 5.54 Å². The highest BCUT2D eigenvalue weighted by Gasteiger charge is 2.43. The quantitative estimate of drug-likeness (QED) is 0.818. The highest BCUT2D eigenvalue weighted by atomic mass is 32.2. The van der Waals surface area contributed by atoms with E-state index in [1.165, 1.54) is 12.1 Å². The molecule has 0 saturated heterocycles. The van der Waals surface area contributed by atoms with Gasteiger partial charge in [0.25, 0.3) is 5.91 Å². The Morgan fingerprint density at radius 1 is 1.07 bits per heavy atom. The van der Waals surface area contributed by atoms with Crippen LogP contribution in [0.5, 0.6) is 0 Å². The van der Waals surface area contributed by atoms with Gasteiger partial charge in [0, 0.05) is 24.1 Å². The summed E-state index contributed by atoms with van der Waals surface area (Å²) >= 11 is 0. The molecule has 6 nitrogen and oxygen atoms in total. The molecule has 2 aromatic rings. The number of anilines is 1. The molecule has 0 atom stereocenters. The Kier molecular flexibility index (Phi) is 5.36. The third-order valence-electron chi connectivity index (χ3n) is 5.09. The molecule has 1 heterocycles. The second kappa shape index (κ2) is 7.48. The molecule has 1 aliphatic rings. The number of benzene rings is 2. The van der Waals surface area contributed by atoms with Crippen LogP contribution in [0.4, 0.5) is 5.69 Å². The van der Waals surface area contributed by atoms with E-state index < -0.39 is 21.3 Å². The second-order valence-electron chi connectivity index (χ2n) is 7.73. The Labute approximate surface area is 171 Å². The van der Waals surface area contributed by atoms with Gasteiger partial charge in [0.2, 0.25) is 5.91 Å². The average Bonchev–Trinajstić information content (AvgIpc) is 2.97. The minimum atomic E-state index is -3.39. The first kappa shape index (κ1) is 20.8. The van der Waals surface area contributed by atoms with E-state index in [0.717, 1.165) is 17.4 Å². The molecule has 3 rings (SSSR count). The second-order valence-corrected chi connectivity index (χ2v) is 9.74. The summed E-state index contributed by atoms with van der Waals surface area (Å²) in [5, 5.41) is 2.75. The zero-order chi connectivity index (χ0) is 21.4. The third-order valence-corrected chi connectivity index (χ3v) is 6.20. The maximum absolute atomic E-state index is 13.1. The van der Waals surface area contributed by atoms with Gasteiger partial charge in [-0.15, -0.1) is 0 Å². The minimum absolute atomic E-state index is 0.120. The lowest BCUT2D eigenvalue weighted by atomic mass is 10.00. The normalized spacial score (nSPS) is 15.0. The van der Waals surface area contributed by atoms with E-state index in [1.54, 1.807) is 30.9 Å². The lowest BCUT2D eigenvalue weighted by Crippen LogP contribution is -2.53. The fraction of sp³-hybridized carbons (Fsp3) is 0.273. The topological polar surface area (TPSA) is 83.6 Å². The minimum Gasteiger partial charge on any atom is -0.324 e. The number of hydrogen-bond donors (Lipinski definition) is 1. The molecule has 1 N–H and O–H groups in total. The summed E-state index contributed by atoms with van der Waals surface area (Å²) in [4.78, 5) is 27.8. The van der Waals surface area contributed by atoms with Crippen LogP contribution in [-0.2, 0) is 19.4 Å². The molecule has 0 radical (unpaired) electrons. The van der Waals surface area contributed by atoms with Gasteiger partial charge in [-0.3, -0.25) is 9.59 Å². The Morgan fingerprint density at radius 3 is 2.34 bits per heavy atom. The Hall–Kier alpha value is -2.93. The number of hydrogen-bond acceptors (Lipinski definition) is 4. The van der Waals surface area contributed by atoms with Gasteiger partial charge in [-0.2, -0.15) is 0 Å². The van der Waals surface area contributed by atoms with Crippen molar-refractivity contribution >= 4 is 32.9 Å². The van der Waals surface area contributed by atoms with Crippen LogP contribution in [-0.4, -0.2) is 43.5 Å². The number of carbonyl (C=O) groups is 2. The molecule has 152 valence electrons. The van der Waals surface area contributed by atoms with E-state index >= 15 is 0 Å². The summed E-state index contributed by atoms with van der Waals surface area (Å²) < 4.78 is 23.5. The number of sulfone groups is 1. The van der Waals surface area contributed by atoms with Crippen LogP contribution in [0.15, 0.2) is 65.1 Å². The van der Waals surface area contributed by atoms with Crippen LogP contribution < -0.4 is 5.32 Å². The summed E-state index contributed by atoms with van der Waals surface area (Å²) in [5.74, 6) is -0.586. The van der Waals surface area contributed by atoms with Crippen molar-refractivity contribution < 1.29 is 18.0 Å². The zero-order valence-corrected chi connectivity index (χ0v) is 17.7. The fourth-order valence-electron chi connectivity index (χ4n) is 3.34. The number of rotatable bonds is 5. The van der Waals surface area contributed by atoms with Crippen molar-refractivity contribution in [3.05, 3.63) is 65.7 Å². The maximum Gasteiger partial charge on any atom is 0.255 e. The van der Waals surface area contributed by atoms with Crippen molar-refractivity contribution in [3.8, 4) is 0 Å². The molecule has 29 heavy (non-hydrogen) atoms. The zero-order valence-electron chi connectivity index (χ0n) is 16.9. The van der Waals surface area contributed by atoms with Gasteiger partial charge in [-0.05, 0) is 50.1 Å². The monoisotopic (exact) mass is 412 g/mol. The van der Waals surface area contributed by atoms with Gasteiger partial charge in [-0.1, -0.05) is 36.4 Å². The van der Waals surface area contributed by atoms with Crippen molar-refractivity contribution in [2.24, 2.45) is 0 Å². The van der Waals surface area contributed by atoms with E-state index in [-0.39, 0.29) is 10.8 Å². The maximum atomic E-state index is 13.1. The lowest BCUT2D eigenvalue weighted by Gasteiger charge is -2.34. The molecule has 0 saturated carbocycles. The molecule has 0 spiro atoms. The molecule has 7 heteroatoms. The van der Waals surface area contributed by atoms with E-state index in [4.69, 9.17) is 0 Å². The SMILES string of the molecule is CC1=C(c2ccccc2)C(=O)N(C(C)(C)C(=O)Nc2cccc(S(C)(=O)=O)c2)C1. The van der Waals surface area contributed by atoms with Gasteiger partial charge in [-0.25, -0.2) is 8.42 Å². The molecule has 2 amide bonds. The third kappa shape index (κ3) is 4.10. The number of amides is 2. The van der Waals surface area contributed by atoms with Crippen molar-refractivity contribution in [2.45, 2.75) is 31.2 Å². The van der Waals surface area contributed by atoms with E-state index in [2.05, 4.69) is 5.32 Å². The first-order valence-corrected chi connectivity index (χ1v) is 11.1. The van der Waals surface area contributed by atoms with Crippen LogP contribution >= 0.6 is 0 Å². The summed E-state index contributed by atoms with van der Waals surface area (Å²) in [6, 6.07) is 15.5. The van der Waals surface area contributed by atoms with Gasteiger partial charge in [0.15, 0.2) is 9.84 Å². The Balaban J connectivity index is 1.83. The first-order chi connectivity index (χ1) is 13.5. The van der Waals surface area contributed by atoms with Crippen molar-refractivity contribution in [1.82, 2.24) is 4.90 Å². The van der Waals surface area contributed by atoms with Gasteiger partial charge >= 0.3 is 0 Å².